The quantitative estimate of drug-likeness (QED) is 0.172. The molecule has 9 heteroatoms. The number of hydrogen-bond donors (Lipinski definition) is 1. The predicted octanol–water partition coefficient (Wildman–Crippen LogP) is 5.88. The Balaban J connectivity index is 1.68. The van der Waals surface area contributed by atoms with Gasteiger partial charge in [0, 0.05) is 5.39 Å². The number of benzene rings is 2. The number of para-hydroxylation sites is 1. The zero-order valence-corrected chi connectivity index (χ0v) is 21.3. The van der Waals surface area contributed by atoms with E-state index in [1.165, 1.54) is 6.21 Å². The molecule has 1 aromatic heterocycles. The van der Waals surface area contributed by atoms with Gasteiger partial charge in [-0.05, 0) is 61.8 Å². The number of ether oxygens (including phenoxy) is 1. The zero-order valence-electron chi connectivity index (χ0n) is 21.3. The van der Waals surface area contributed by atoms with Crippen LogP contribution in [0.3, 0.4) is 0 Å². The number of aromatic nitrogens is 1. The zero-order chi connectivity index (χ0) is 25.8. The molecule has 0 bridgehead atoms. The number of oxime groups is 1. The van der Waals surface area contributed by atoms with Crippen molar-refractivity contribution in [1.29, 1.82) is 0 Å². The average Bonchev–Trinajstić information content (AvgIpc) is 3.17. The molecule has 36 heavy (non-hydrogen) atoms. The van der Waals surface area contributed by atoms with Crippen LogP contribution >= 0.6 is 0 Å². The van der Waals surface area contributed by atoms with Gasteiger partial charge < -0.3 is 14.7 Å². The highest BCUT2D eigenvalue weighted by Crippen LogP contribution is 2.39. The molecule has 2 aromatic carbocycles. The lowest BCUT2D eigenvalue weighted by molar-refractivity contribution is -0.122. The second-order valence-corrected chi connectivity index (χ2v) is 8.46. The first-order valence-electron chi connectivity index (χ1n) is 12.3. The Bertz CT molecular complexity index is 1160. The number of carbonyl (C=O) groups is 1. The maximum absolute atomic E-state index is 12.2. The molecule has 0 atom stereocenters. The summed E-state index contributed by atoms with van der Waals surface area (Å²) in [5, 5.41) is 23.4. The summed E-state index contributed by atoms with van der Waals surface area (Å²) in [6.45, 7) is 6.42. The van der Waals surface area contributed by atoms with E-state index in [9.17, 15) is 9.90 Å². The monoisotopic (exact) mass is 493 g/mol. The minimum atomic E-state index is -0.606. The number of aromatic hydroxyl groups is 1. The molecule has 0 aliphatic heterocycles. The molecule has 0 fully saturated rings. The van der Waals surface area contributed by atoms with E-state index in [2.05, 4.69) is 34.1 Å². The van der Waals surface area contributed by atoms with E-state index in [0.29, 0.717) is 6.67 Å². The molecular weight excluding hydrogens is 458 g/mol. The third-order valence-corrected chi connectivity index (χ3v) is 5.76. The van der Waals surface area contributed by atoms with Crippen molar-refractivity contribution in [3.05, 3.63) is 54.1 Å². The fourth-order valence-corrected chi connectivity index (χ4v) is 3.75. The second kappa shape index (κ2) is 14.0. The molecule has 0 saturated carbocycles. The smallest absolute Gasteiger partial charge is 0.304 e. The van der Waals surface area contributed by atoms with Crippen LogP contribution in [0.25, 0.3) is 10.9 Å². The number of rotatable bonds is 14. The van der Waals surface area contributed by atoms with Gasteiger partial charge in [0.15, 0.2) is 12.3 Å². The van der Waals surface area contributed by atoms with Gasteiger partial charge in [0.25, 0.3) is 0 Å². The number of methoxy groups -OCH3 is 1. The summed E-state index contributed by atoms with van der Waals surface area (Å²) in [6, 6.07) is 14.8. The molecule has 192 valence electrons. The number of nitrogens with zero attached hydrogens (tertiary/aromatic N) is 5. The fourth-order valence-electron chi connectivity index (χ4n) is 3.75. The molecule has 9 nitrogen and oxygen atoms in total. The van der Waals surface area contributed by atoms with Gasteiger partial charge in [-0.3, -0.25) is 14.3 Å². The van der Waals surface area contributed by atoms with Gasteiger partial charge in [0.2, 0.25) is 5.88 Å². The van der Waals surface area contributed by atoms with Crippen LogP contribution in [0.5, 0.6) is 11.6 Å². The molecular formula is C27H35N5O4. The van der Waals surface area contributed by atoms with Crippen LogP contribution < -0.4 is 4.74 Å². The number of unbranched alkanes of at least 4 members (excludes halogenated alkanes) is 2. The molecule has 0 spiro atoms. The first-order chi connectivity index (χ1) is 17.6. The van der Waals surface area contributed by atoms with Gasteiger partial charge in [-0.1, -0.05) is 50.0 Å². The van der Waals surface area contributed by atoms with Crippen molar-refractivity contribution in [3.63, 3.8) is 0 Å². The summed E-state index contributed by atoms with van der Waals surface area (Å²) in [5.74, 6) is 0.123. The van der Waals surface area contributed by atoms with Crippen molar-refractivity contribution in [2.45, 2.75) is 46.2 Å². The molecule has 0 radical (unpaired) electrons. The Kier molecular flexibility index (Phi) is 10.4. The van der Waals surface area contributed by atoms with Crippen molar-refractivity contribution in [1.82, 2.24) is 9.47 Å². The molecule has 3 rings (SSSR count). The first kappa shape index (κ1) is 26.9. The summed E-state index contributed by atoms with van der Waals surface area (Å²) in [4.78, 5) is 19.6. The van der Waals surface area contributed by atoms with Crippen LogP contribution in [0.1, 0.15) is 45.1 Å². The van der Waals surface area contributed by atoms with Gasteiger partial charge in [-0.2, -0.15) is 0 Å². The number of amides is 1. The maximum atomic E-state index is 12.2. The Labute approximate surface area is 212 Å². The maximum Gasteiger partial charge on any atom is 0.304 e. The summed E-state index contributed by atoms with van der Waals surface area (Å²) in [7, 11) is 1.60. The standard InChI is InChI=1S/C27H35N5O4/c1-4-6-16-31(17-7-5-2)20-32-24-11-9-8-10-23(24)26(27(32)34)30-29-25(33)19-36-28-18-21-12-14-22(35-3)15-13-21/h8-15,18,34H,4-7,16-17,19-20H2,1-3H3/b28-18-,30-29?. The van der Waals surface area contributed by atoms with Crippen LogP contribution in [-0.4, -0.2) is 53.5 Å². The minimum absolute atomic E-state index is 0.0100. The lowest BCUT2D eigenvalue weighted by Crippen LogP contribution is -2.28. The molecule has 1 amide bonds. The average molecular weight is 494 g/mol. The highest BCUT2D eigenvalue weighted by Gasteiger charge is 2.18. The van der Waals surface area contributed by atoms with Gasteiger partial charge in [-0.25, -0.2) is 0 Å². The largest absolute Gasteiger partial charge is 0.497 e. The Hall–Kier alpha value is -3.72. The molecule has 0 saturated heterocycles. The lowest BCUT2D eigenvalue weighted by atomic mass is 10.2. The third-order valence-electron chi connectivity index (χ3n) is 5.76. The van der Waals surface area contributed by atoms with Crippen LogP contribution in [0.15, 0.2) is 63.9 Å². The molecule has 0 aliphatic carbocycles. The summed E-state index contributed by atoms with van der Waals surface area (Å²) in [5.41, 5.74) is 1.91. The van der Waals surface area contributed by atoms with Gasteiger partial charge >= 0.3 is 5.91 Å². The van der Waals surface area contributed by atoms with Gasteiger partial charge in [0.05, 0.1) is 25.5 Å². The van der Waals surface area contributed by atoms with Crippen molar-refractivity contribution in [2.75, 3.05) is 26.8 Å². The molecule has 1 N–H and O–H groups in total. The Morgan fingerprint density at radius 3 is 2.42 bits per heavy atom. The summed E-state index contributed by atoms with van der Waals surface area (Å²) >= 11 is 0. The van der Waals surface area contributed by atoms with E-state index >= 15 is 0 Å². The van der Waals surface area contributed by atoms with Crippen LogP contribution in [0.4, 0.5) is 5.69 Å². The number of azo groups is 1. The predicted molar refractivity (Wildman–Crippen MR) is 141 cm³/mol. The minimum Gasteiger partial charge on any atom is -0.497 e. The van der Waals surface area contributed by atoms with Crippen molar-refractivity contribution in [3.8, 4) is 11.6 Å². The van der Waals surface area contributed by atoms with Crippen molar-refractivity contribution < 1.29 is 19.5 Å². The van der Waals surface area contributed by atoms with E-state index < -0.39 is 5.91 Å². The molecule has 1 heterocycles. The molecule has 3 aromatic rings. The fraction of sp³-hybridized carbons (Fsp3) is 0.407. The van der Waals surface area contributed by atoms with E-state index in [4.69, 9.17) is 9.57 Å². The number of hydrogen-bond acceptors (Lipinski definition) is 7. The SMILES string of the molecule is CCCCN(CCCC)Cn1c(O)c(N=NC(=O)CO/N=C\c2ccc(OC)cc2)c2ccccc21. The Morgan fingerprint density at radius 2 is 1.75 bits per heavy atom. The highest BCUT2D eigenvalue weighted by atomic mass is 16.6. The Morgan fingerprint density at radius 1 is 1.06 bits per heavy atom. The second-order valence-electron chi connectivity index (χ2n) is 8.46. The van der Waals surface area contributed by atoms with Crippen LogP contribution in [-0.2, 0) is 16.3 Å². The van der Waals surface area contributed by atoms with Crippen LogP contribution in [0.2, 0.25) is 0 Å². The van der Waals surface area contributed by atoms with Gasteiger partial charge in [-0.15, -0.1) is 10.2 Å². The summed E-state index contributed by atoms with van der Waals surface area (Å²) in [6.07, 6.45) is 5.88. The van der Waals surface area contributed by atoms with Gasteiger partial charge in [0.1, 0.15) is 5.75 Å². The lowest BCUT2D eigenvalue weighted by Gasteiger charge is -2.23. The number of carbonyl (C=O) groups excluding carboxylic acids is 1. The highest BCUT2D eigenvalue weighted by molar-refractivity contribution is 5.95. The van der Waals surface area contributed by atoms with E-state index in [1.807, 2.05) is 41.0 Å². The topological polar surface area (TPSA) is 101 Å². The molecule has 0 aliphatic rings. The van der Waals surface area contributed by atoms with Crippen molar-refractivity contribution in [2.24, 2.45) is 15.4 Å². The van der Waals surface area contributed by atoms with E-state index in [1.54, 1.807) is 19.2 Å². The van der Waals surface area contributed by atoms with Crippen molar-refractivity contribution >= 4 is 28.7 Å². The van der Waals surface area contributed by atoms with Crippen LogP contribution in [0, 0.1) is 0 Å². The number of fused-ring (bicyclic) bond motifs is 1. The normalized spacial score (nSPS) is 11.8. The third kappa shape index (κ3) is 7.39. The van der Waals surface area contributed by atoms with E-state index in [-0.39, 0.29) is 18.2 Å². The molecule has 0 unspecified atom stereocenters. The first-order valence-corrected chi connectivity index (χ1v) is 12.3. The summed E-state index contributed by atoms with van der Waals surface area (Å²) < 4.78 is 6.94. The van der Waals surface area contributed by atoms with E-state index in [0.717, 1.165) is 61.0 Å².